The molecule has 1 amide bonds. The number of nitrogens with zero attached hydrogens (tertiary/aromatic N) is 2. The molecule has 142 valence electrons. The number of rotatable bonds is 5. The number of benzene rings is 2. The van der Waals surface area contributed by atoms with Gasteiger partial charge < -0.3 is 10.0 Å². The van der Waals surface area contributed by atoms with E-state index in [1.54, 1.807) is 24.3 Å². The van der Waals surface area contributed by atoms with Gasteiger partial charge >= 0.3 is 0 Å². The summed E-state index contributed by atoms with van der Waals surface area (Å²) in [5, 5.41) is 21.7. The van der Waals surface area contributed by atoms with E-state index in [1.807, 2.05) is 0 Å². The Balaban J connectivity index is 2.17. The number of carbonyl (C=O) groups is 2. The van der Waals surface area contributed by atoms with Crippen molar-refractivity contribution in [3.8, 4) is 0 Å². The van der Waals surface area contributed by atoms with Gasteiger partial charge in [0, 0.05) is 28.7 Å². The third-order valence-corrected chi connectivity index (χ3v) is 4.93. The molecule has 2 aromatic carbocycles. The predicted octanol–water partition coefficient (Wildman–Crippen LogP) is 3.97. The van der Waals surface area contributed by atoms with Crippen LogP contribution in [0.25, 0.3) is 5.76 Å². The van der Waals surface area contributed by atoms with E-state index in [0.29, 0.717) is 11.1 Å². The minimum Gasteiger partial charge on any atom is -0.507 e. The second kappa shape index (κ2) is 7.77. The Kier molecular flexibility index (Phi) is 5.41. The molecule has 0 unspecified atom stereocenters. The Morgan fingerprint density at radius 3 is 2.32 bits per heavy atom. The molecular weight excluding hydrogens is 428 g/mol. The highest BCUT2D eigenvalue weighted by atomic mass is 79.9. The molecule has 1 fully saturated rings. The Morgan fingerprint density at radius 2 is 1.79 bits per heavy atom. The zero-order valence-corrected chi connectivity index (χ0v) is 16.1. The molecule has 1 saturated heterocycles. The van der Waals surface area contributed by atoms with Gasteiger partial charge in [0.2, 0.25) is 0 Å². The van der Waals surface area contributed by atoms with Gasteiger partial charge in [-0.2, -0.15) is 0 Å². The predicted molar refractivity (Wildman–Crippen MR) is 106 cm³/mol. The summed E-state index contributed by atoms with van der Waals surface area (Å²) in [5.41, 5.74) is 0.678. The quantitative estimate of drug-likeness (QED) is 0.188. The fourth-order valence-corrected chi connectivity index (χ4v) is 3.36. The van der Waals surface area contributed by atoms with Crippen LogP contribution in [0, 0.1) is 10.1 Å². The first-order valence-corrected chi connectivity index (χ1v) is 9.04. The average Bonchev–Trinajstić information content (AvgIpc) is 2.93. The lowest BCUT2D eigenvalue weighted by Gasteiger charge is -2.24. The van der Waals surface area contributed by atoms with E-state index in [-0.39, 0.29) is 23.6 Å². The van der Waals surface area contributed by atoms with Gasteiger partial charge in [-0.05, 0) is 29.8 Å². The number of aliphatic hydroxyl groups is 1. The summed E-state index contributed by atoms with van der Waals surface area (Å²) in [7, 11) is 0. The highest BCUT2D eigenvalue weighted by Gasteiger charge is 2.45. The van der Waals surface area contributed by atoms with E-state index < -0.39 is 22.7 Å². The van der Waals surface area contributed by atoms with Gasteiger partial charge in [0.25, 0.3) is 17.4 Å². The summed E-state index contributed by atoms with van der Waals surface area (Å²) in [6.45, 7) is 3.70. The van der Waals surface area contributed by atoms with Gasteiger partial charge in [0.1, 0.15) is 5.76 Å². The molecule has 1 aliphatic rings. The topological polar surface area (TPSA) is 101 Å². The van der Waals surface area contributed by atoms with Crippen molar-refractivity contribution < 1.29 is 19.6 Å². The number of ketones is 1. The number of nitro benzene ring substituents is 1. The Morgan fingerprint density at radius 1 is 1.18 bits per heavy atom. The maximum Gasteiger partial charge on any atom is 0.295 e. The number of amides is 1. The van der Waals surface area contributed by atoms with Crippen molar-refractivity contribution >= 4 is 39.1 Å². The summed E-state index contributed by atoms with van der Waals surface area (Å²) in [5.74, 6) is -1.88. The second-order valence-electron chi connectivity index (χ2n) is 6.10. The molecule has 28 heavy (non-hydrogen) atoms. The largest absolute Gasteiger partial charge is 0.507 e. The van der Waals surface area contributed by atoms with Crippen molar-refractivity contribution in [2.75, 3.05) is 6.54 Å². The highest BCUT2D eigenvalue weighted by Crippen LogP contribution is 2.39. The van der Waals surface area contributed by atoms with E-state index in [2.05, 4.69) is 22.5 Å². The van der Waals surface area contributed by atoms with Crippen molar-refractivity contribution in [3.05, 3.63) is 92.5 Å². The van der Waals surface area contributed by atoms with Crippen molar-refractivity contribution in [2.24, 2.45) is 0 Å². The van der Waals surface area contributed by atoms with E-state index >= 15 is 0 Å². The normalized spacial score (nSPS) is 18.3. The fraction of sp³-hybridized carbons (Fsp3) is 0.100. The first kappa shape index (κ1) is 19.5. The third-order valence-electron chi connectivity index (χ3n) is 4.40. The first-order chi connectivity index (χ1) is 13.3. The monoisotopic (exact) mass is 442 g/mol. The highest BCUT2D eigenvalue weighted by molar-refractivity contribution is 9.10. The number of hydrogen-bond acceptors (Lipinski definition) is 5. The Hall–Kier alpha value is -3.26. The molecule has 8 heteroatoms. The minimum absolute atomic E-state index is 0.0666. The molecule has 1 heterocycles. The molecule has 0 radical (unpaired) electrons. The number of aliphatic hydroxyl groups excluding tert-OH is 1. The number of likely N-dealkylation sites (tertiary alicyclic amines) is 1. The Labute approximate surface area is 168 Å². The molecule has 0 aliphatic carbocycles. The van der Waals surface area contributed by atoms with Crippen LogP contribution < -0.4 is 0 Å². The van der Waals surface area contributed by atoms with Gasteiger partial charge in [-0.3, -0.25) is 19.7 Å². The molecule has 7 nitrogen and oxygen atoms in total. The molecule has 1 atom stereocenters. The molecule has 3 rings (SSSR count). The number of Topliss-reactive ketones (excluding diaryl/α,β-unsaturated/α-hetero) is 1. The maximum absolute atomic E-state index is 12.7. The SMILES string of the molecule is C=CCN1C(=O)C(=O)C(=C(O)c2ccc(Br)cc2)[C@@H]1c1ccc([N+](=O)[O-])cc1. The van der Waals surface area contributed by atoms with Crippen LogP contribution in [0.4, 0.5) is 5.69 Å². The fourth-order valence-electron chi connectivity index (χ4n) is 3.10. The minimum atomic E-state index is -0.873. The van der Waals surface area contributed by atoms with Crippen LogP contribution in [0.2, 0.25) is 0 Å². The third kappa shape index (κ3) is 3.46. The number of hydrogen-bond donors (Lipinski definition) is 1. The lowest BCUT2D eigenvalue weighted by molar-refractivity contribution is -0.384. The van der Waals surface area contributed by atoms with Gasteiger partial charge in [0.05, 0.1) is 16.5 Å². The number of non-ortho nitro benzene ring substituents is 1. The van der Waals surface area contributed by atoms with E-state index in [4.69, 9.17) is 0 Å². The molecule has 1 N–H and O–H groups in total. The van der Waals surface area contributed by atoms with Crippen molar-refractivity contribution in [2.45, 2.75) is 6.04 Å². The number of carbonyl (C=O) groups excluding carboxylic acids is 2. The van der Waals surface area contributed by atoms with Crippen LogP contribution in [0.3, 0.4) is 0 Å². The number of nitro groups is 1. The lowest BCUT2D eigenvalue weighted by atomic mass is 9.95. The van der Waals surface area contributed by atoms with Gasteiger partial charge in [-0.15, -0.1) is 6.58 Å². The van der Waals surface area contributed by atoms with Crippen LogP contribution >= 0.6 is 15.9 Å². The molecule has 2 aromatic rings. The molecule has 0 aromatic heterocycles. The Bertz CT molecular complexity index is 996. The van der Waals surface area contributed by atoms with Crippen LogP contribution in [-0.2, 0) is 9.59 Å². The summed E-state index contributed by atoms with van der Waals surface area (Å²) in [4.78, 5) is 36.8. The van der Waals surface area contributed by atoms with Crippen LogP contribution in [0.5, 0.6) is 0 Å². The maximum atomic E-state index is 12.7. The summed E-state index contributed by atoms with van der Waals surface area (Å²) in [6.07, 6.45) is 1.48. The van der Waals surface area contributed by atoms with E-state index in [0.717, 1.165) is 4.47 Å². The summed E-state index contributed by atoms with van der Waals surface area (Å²) < 4.78 is 0.795. The standard InChI is InChI=1S/C20H15BrN2O5/c1-2-11-22-17(12-5-9-15(10-6-12)23(27)28)16(19(25)20(22)26)18(24)13-3-7-14(21)8-4-13/h2-10,17,24H,1,11H2/t17-/m0/s1. The smallest absolute Gasteiger partial charge is 0.295 e. The average molecular weight is 443 g/mol. The van der Waals surface area contributed by atoms with Gasteiger partial charge in [0.15, 0.2) is 0 Å². The molecular formula is C20H15BrN2O5. The zero-order chi connectivity index (χ0) is 20.4. The number of halogens is 1. The van der Waals surface area contributed by atoms with E-state index in [1.165, 1.54) is 35.2 Å². The van der Waals surface area contributed by atoms with Crippen LogP contribution in [-0.4, -0.2) is 33.2 Å². The molecule has 0 bridgehead atoms. The van der Waals surface area contributed by atoms with Crippen molar-refractivity contribution in [1.29, 1.82) is 0 Å². The second-order valence-corrected chi connectivity index (χ2v) is 7.01. The summed E-state index contributed by atoms with van der Waals surface area (Å²) >= 11 is 3.30. The van der Waals surface area contributed by atoms with Crippen molar-refractivity contribution in [1.82, 2.24) is 4.90 Å². The summed E-state index contributed by atoms with van der Waals surface area (Å²) in [6, 6.07) is 11.3. The van der Waals surface area contributed by atoms with Crippen LogP contribution in [0.1, 0.15) is 17.2 Å². The zero-order valence-electron chi connectivity index (χ0n) is 14.5. The lowest BCUT2D eigenvalue weighted by Crippen LogP contribution is -2.29. The van der Waals surface area contributed by atoms with Gasteiger partial charge in [-0.1, -0.05) is 34.1 Å². The molecule has 0 spiro atoms. The van der Waals surface area contributed by atoms with Crippen LogP contribution in [0.15, 0.2) is 71.2 Å². The first-order valence-electron chi connectivity index (χ1n) is 8.24. The molecule has 0 saturated carbocycles. The van der Waals surface area contributed by atoms with Gasteiger partial charge in [-0.25, -0.2) is 0 Å². The van der Waals surface area contributed by atoms with Crippen molar-refractivity contribution in [3.63, 3.8) is 0 Å². The molecule has 1 aliphatic heterocycles. The van der Waals surface area contributed by atoms with E-state index in [9.17, 15) is 24.8 Å².